The van der Waals surface area contributed by atoms with E-state index in [1.807, 2.05) is 0 Å². The second-order valence-electron chi connectivity index (χ2n) is 23.9. The van der Waals surface area contributed by atoms with Crippen LogP contribution in [-0.2, 0) is 5.41 Å². The van der Waals surface area contributed by atoms with Crippen molar-refractivity contribution in [3.8, 4) is 0 Å². The Morgan fingerprint density at radius 3 is 1.44 bits per heavy atom. The summed E-state index contributed by atoms with van der Waals surface area (Å²) in [5.74, 6) is 2.20. The van der Waals surface area contributed by atoms with E-state index in [1.165, 1.54) is 231 Å². The molecule has 0 saturated heterocycles. The second-order valence-corrected chi connectivity index (χ2v) is 28.4. The van der Waals surface area contributed by atoms with Crippen molar-refractivity contribution in [2.45, 2.75) is 308 Å². The lowest BCUT2D eigenvalue weighted by atomic mass is 9.68. The van der Waals surface area contributed by atoms with Crippen LogP contribution < -0.4 is 0 Å². The van der Waals surface area contributed by atoms with E-state index in [4.69, 9.17) is 0 Å². The minimum atomic E-state index is -1.81. The van der Waals surface area contributed by atoms with Gasteiger partial charge in [0.1, 0.15) is 8.24 Å². The molecule has 4 unspecified atom stereocenters. The van der Waals surface area contributed by atoms with Gasteiger partial charge in [-0.05, 0) is 98.4 Å². The molecule has 4 aliphatic carbocycles. The molecule has 1 aromatic carbocycles. The Morgan fingerprint density at radius 1 is 0.571 bits per heavy atom. The van der Waals surface area contributed by atoms with Crippen LogP contribution in [0.5, 0.6) is 0 Å². The maximum atomic E-state index is 3.19. The van der Waals surface area contributed by atoms with Gasteiger partial charge >= 0.3 is 0 Å². The third-order valence-electron chi connectivity index (χ3n) is 17.5. The summed E-state index contributed by atoms with van der Waals surface area (Å²) in [5, 5.41) is 0. The minimum absolute atomic E-state index is 0.218. The third kappa shape index (κ3) is 15.2. The number of allylic oxidation sites excluding steroid dienone is 4. The van der Waals surface area contributed by atoms with Crippen LogP contribution in [0.2, 0.25) is 18.6 Å². The van der Waals surface area contributed by atoms with Crippen LogP contribution in [-0.4, -0.2) is 24.4 Å². The third-order valence-corrected chi connectivity index (χ3v) is 22.3. The maximum absolute atomic E-state index is 3.19. The summed E-state index contributed by atoms with van der Waals surface area (Å²) in [6.45, 7) is 20.6. The van der Waals surface area contributed by atoms with E-state index < -0.39 is 8.24 Å². The SMILES string of the molecule is CCCCCCCCCCCCCCCCC1(CCCCCCCCCCCCCCCC)C2=CC3CC(C)C([Si](C)(C)N(C4CCCCC4)C(C)(C)C)C3C=C2c2ccccc21. The molecule has 0 bridgehead atoms. The Kier molecular flexibility index (Phi) is 23.2. The van der Waals surface area contributed by atoms with Gasteiger partial charge in [-0.2, -0.15) is 0 Å². The Bertz CT molecular complexity index is 1420. The number of rotatable bonds is 33. The van der Waals surface area contributed by atoms with E-state index in [-0.39, 0.29) is 11.0 Å². The van der Waals surface area contributed by atoms with Gasteiger partial charge in [-0.3, -0.25) is 0 Å². The van der Waals surface area contributed by atoms with Crippen molar-refractivity contribution in [2.75, 3.05) is 0 Å². The van der Waals surface area contributed by atoms with Crippen molar-refractivity contribution < 1.29 is 0 Å². The highest BCUT2D eigenvalue weighted by Gasteiger charge is 2.56. The first-order valence-corrected chi connectivity index (χ1v) is 31.9. The Hall–Kier alpha value is -1.12. The second kappa shape index (κ2) is 27.6. The quantitative estimate of drug-likeness (QED) is 0.0502. The van der Waals surface area contributed by atoms with Crippen molar-refractivity contribution >= 4 is 13.8 Å². The first-order chi connectivity index (χ1) is 30.6. The molecule has 0 aliphatic heterocycles. The fourth-order valence-corrected chi connectivity index (χ4v) is 20.8. The van der Waals surface area contributed by atoms with Crippen LogP contribution in [0.4, 0.5) is 0 Å². The van der Waals surface area contributed by atoms with Crippen molar-refractivity contribution in [1.82, 2.24) is 4.57 Å². The standard InChI is InChI=1S/C61H107NSi/c1-9-11-13-15-17-19-21-23-25-27-29-31-33-40-46-61(47-41-34-32-30-28-26-24-22-20-18-16-14-12-10-2)57-45-39-38-44-54(57)56-50-55-52(49-58(56)61)48-51(3)59(55)63(7,8)62(60(4,5)6)53-42-36-35-37-43-53/h38-39,44-45,49-53,55,59H,9-37,40-43,46-48H2,1-8H3. The van der Waals surface area contributed by atoms with Gasteiger partial charge in [-0.15, -0.1) is 0 Å². The number of nitrogens with zero attached hydrogens (tertiary/aromatic N) is 1. The van der Waals surface area contributed by atoms with E-state index in [2.05, 4.69) is 95.6 Å². The van der Waals surface area contributed by atoms with Gasteiger partial charge in [0.15, 0.2) is 0 Å². The van der Waals surface area contributed by atoms with Crippen molar-refractivity contribution in [2.24, 2.45) is 17.8 Å². The number of hydrogen-bond acceptors (Lipinski definition) is 1. The predicted octanol–water partition coefficient (Wildman–Crippen LogP) is 20.3. The predicted molar refractivity (Wildman–Crippen MR) is 284 cm³/mol. The number of fused-ring (bicyclic) bond motifs is 4. The molecule has 1 aromatic rings. The average Bonchev–Trinajstić information content (AvgIpc) is 3.73. The highest BCUT2D eigenvalue weighted by Crippen LogP contribution is 2.63. The lowest BCUT2D eigenvalue weighted by molar-refractivity contribution is 0.139. The molecule has 5 rings (SSSR count). The van der Waals surface area contributed by atoms with Gasteiger partial charge < -0.3 is 4.57 Å². The molecule has 4 atom stereocenters. The summed E-state index contributed by atoms with van der Waals surface area (Å²) >= 11 is 0. The summed E-state index contributed by atoms with van der Waals surface area (Å²) < 4.78 is 3.19. The number of unbranched alkanes of at least 4 members (excludes halogenated alkanes) is 26. The Morgan fingerprint density at radius 2 is 1.00 bits per heavy atom. The Balaban J connectivity index is 1.24. The first-order valence-electron chi connectivity index (χ1n) is 28.9. The van der Waals surface area contributed by atoms with Crippen molar-refractivity contribution in [3.05, 3.63) is 53.1 Å². The zero-order chi connectivity index (χ0) is 45.0. The molecule has 2 heteroatoms. The van der Waals surface area contributed by atoms with Gasteiger partial charge in [0.25, 0.3) is 0 Å². The summed E-state index contributed by atoms with van der Waals surface area (Å²) in [6.07, 6.45) is 57.5. The van der Waals surface area contributed by atoms with Crippen LogP contribution in [0.1, 0.15) is 284 Å². The molecule has 2 saturated carbocycles. The van der Waals surface area contributed by atoms with Gasteiger partial charge in [-0.1, -0.05) is 269 Å². The summed E-state index contributed by atoms with van der Waals surface area (Å²) in [6, 6.07) is 10.7. The number of benzene rings is 1. The molecule has 0 heterocycles. The fraction of sp³-hybridized carbons (Fsp3) is 0.836. The van der Waals surface area contributed by atoms with Crippen LogP contribution in [0.3, 0.4) is 0 Å². The highest BCUT2D eigenvalue weighted by atomic mass is 28.3. The molecule has 2 fully saturated rings. The van der Waals surface area contributed by atoms with E-state index >= 15 is 0 Å². The van der Waals surface area contributed by atoms with Crippen LogP contribution in [0.25, 0.3) is 5.57 Å². The Labute approximate surface area is 395 Å². The average molecular weight is 883 g/mol. The number of hydrogen-bond donors (Lipinski definition) is 0. The molecule has 4 aliphatic rings. The minimum Gasteiger partial charge on any atom is -0.316 e. The molecule has 0 N–H and O–H groups in total. The van der Waals surface area contributed by atoms with Crippen LogP contribution in [0.15, 0.2) is 42.0 Å². The van der Waals surface area contributed by atoms with Gasteiger partial charge in [0.05, 0.1) is 0 Å². The molecule has 0 amide bonds. The topological polar surface area (TPSA) is 3.24 Å². The first kappa shape index (κ1) is 52.8. The molecule has 0 radical (unpaired) electrons. The lowest BCUT2D eigenvalue weighted by Crippen LogP contribution is -2.65. The van der Waals surface area contributed by atoms with E-state index in [0.717, 1.165) is 17.5 Å². The molecule has 63 heavy (non-hydrogen) atoms. The molecule has 360 valence electrons. The molecular formula is C61H107NSi. The summed E-state index contributed by atoms with van der Waals surface area (Å²) in [7, 11) is -1.81. The fourth-order valence-electron chi connectivity index (χ4n) is 14.8. The van der Waals surface area contributed by atoms with E-state index in [0.29, 0.717) is 11.8 Å². The van der Waals surface area contributed by atoms with Crippen molar-refractivity contribution in [3.63, 3.8) is 0 Å². The smallest absolute Gasteiger partial charge is 0.127 e. The van der Waals surface area contributed by atoms with Crippen LogP contribution >= 0.6 is 0 Å². The molecular weight excluding hydrogens is 775 g/mol. The molecule has 1 nitrogen and oxygen atoms in total. The van der Waals surface area contributed by atoms with Gasteiger partial charge in [-0.25, -0.2) is 0 Å². The summed E-state index contributed by atoms with van der Waals surface area (Å²) in [4.78, 5) is 0. The van der Waals surface area contributed by atoms with Gasteiger partial charge in [0, 0.05) is 17.0 Å². The van der Waals surface area contributed by atoms with E-state index in [1.54, 1.807) is 22.3 Å². The zero-order valence-corrected chi connectivity index (χ0v) is 44.8. The maximum Gasteiger partial charge on any atom is 0.127 e. The summed E-state index contributed by atoms with van der Waals surface area (Å²) in [5.41, 5.74) is 8.08. The van der Waals surface area contributed by atoms with E-state index in [9.17, 15) is 0 Å². The normalized spacial score (nSPS) is 22.3. The zero-order valence-electron chi connectivity index (χ0n) is 43.8. The van der Waals surface area contributed by atoms with Crippen LogP contribution in [0, 0.1) is 17.8 Å². The highest BCUT2D eigenvalue weighted by molar-refractivity contribution is 6.76. The monoisotopic (exact) mass is 882 g/mol. The molecule has 0 aromatic heterocycles. The lowest BCUT2D eigenvalue weighted by Gasteiger charge is -2.56. The largest absolute Gasteiger partial charge is 0.316 e. The van der Waals surface area contributed by atoms with Gasteiger partial charge in [0.2, 0.25) is 0 Å². The molecule has 0 spiro atoms. The van der Waals surface area contributed by atoms with Crippen molar-refractivity contribution in [1.29, 1.82) is 0 Å².